The Bertz CT molecular complexity index is 705. The third-order valence-electron chi connectivity index (χ3n) is 4.85. The second-order valence-electron chi connectivity index (χ2n) is 6.77. The summed E-state index contributed by atoms with van der Waals surface area (Å²) in [6.45, 7) is 1.84. The first-order valence-electron chi connectivity index (χ1n) is 8.88. The summed E-state index contributed by atoms with van der Waals surface area (Å²) in [5, 5.41) is 3.25. The van der Waals surface area contributed by atoms with E-state index in [9.17, 15) is 9.59 Å². The van der Waals surface area contributed by atoms with Crippen molar-refractivity contribution in [2.75, 3.05) is 19.9 Å². The molecule has 1 aliphatic carbocycles. The first-order valence-corrected chi connectivity index (χ1v) is 8.88. The number of ether oxygens (including phenoxy) is 2. The number of carbonyl (C=O) groups is 2. The highest BCUT2D eigenvalue weighted by Crippen LogP contribution is 2.33. The van der Waals surface area contributed by atoms with Crippen molar-refractivity contribution in [1.29, 1.82) is 0 Å². The molecule has 1 aromatic carbocycles. The Morgan fingerprint density at radius 3 is 2.76 bits per heavy atom. The van der Waals surface area contributed by atoms with Gasteiger partial charge >= 0.3 is 0 Å². The van der Waals surface area contributed by atoms with Crippen LogP contribution in [0.2, 0.25) is 0 Å². The minimum absolute atomic E-state index is 0.0324. The van der Waals surface area contributed by atoms with E-state index >= 15 is 0 Å². The van der Waals surface area contributed by atoms with Crippen molar-refractivity contribution < 1.29 is 19.1 Å². The standard InChI is InChI=1S/C19H22N2O4/c22-18(8-4-13-3-7-16-17(10-13)25-12-24-16)21(15-5-6-15)19(23)14-2-1-9-20-11-14/h3-4,7-8,10,14-15,20H,1-2,5-6,9,11-12H2/b8-4+. The molecule has 1 N–H and O–H groups in total. The average molecular weight is 342 g/mol. The van der Waals surface area contributed by atoms with Gasteiger partial charge in [-0.3, -0.25) is 14.5 Å². The number of hydrogen-bond donors (Lipinski definition) is 1. The molecule has 0 spiro atoms. The second-order valence-corrected chi connectivity index (χ2v) is 6.77. The molecule has 2 aliphatic heterocycles. The molecule has 2 fully saturated rings. The predicted octanol–water partition coefficient (Wildman–Crippen LogP) is 1.95. The number of imide groups is 1. The number of amides is 2. The molecule has 25 heavy (non-hydrogen) atoms. The summed E-state index contributed by atoms with van der Waals surface area (Å²) in [7, 11) is 0. The molecule has 4 rings (SSSR count). The van der Waals surface area contributed by atoms with E-state index in [1.165, 1.54) is 11.0 Å². The normalized spacial score (nSPS) is 22.2. The van der Waals surface area contributed by atoms with Gasteiger partial charge in [-0.1, -0.05) is 6.07 Å². The molecule has 6 heteroatoms. The zero-order chi connectivity index (χ0) is 17.2. The maximum absolute atomic E-state index is 12.8. The third kappa shape index (κ3) is 3.54. The van der Waals surface area contributed by atoms with Crippen LogP contribution in [0.1, 0.15) is 31.2 Å². The molecule has 0 aromatic heterocycles. The van der Waals surface area contributed by atoms with Gasteiger partial charge in [0.2, 0.25) is 12.7 Å². The van der Waals surface area contributed by atoms with Crippen molar-refractivity contribution in [3.05, 3.63) is 29.8 Å². The summed E-state index contributed by atoms with van der Waals surface area (Å²) in [6.07, 6.45) is 6.88. The Balaban J connectivity index is 1.46. The predicted molar refractivity (Wildman–Crippen MR) is 92.1 cm³/mol. The monoisotopic (exact) mass is 342 g/mol. The molecule has 2 heterocycles. The molecule has 6 nitrogen and oxygen atoms in total. The number of nitrogens with zero attached hydrogens (tertiary/aromatic N) is 1. The van der Waals surface area contributed by atoms with Gasteiger partial charge in [0.15, 0.2) is 11.5 Å². The van der Waals surface area contributed by atoms with Gasteiger partial charge in [0.1, 0.15) is 0 Å². The summed E-state index contributed by atoms with van der Waals surface area (Å²) >= 11 is 0. The lowest BCUT2D eigenvalue weighted by atomic mass is 9.98. The van der Waals surface area contributed by atoms with Crippen molar-refractivity contribution in [2.45, 2.75) is 31.7 Å². The van der Waals surface area contributed by atoms with Gasteiger partial charge < -0.3 is 14.8 Å². The van der Waals surface area contributed by atoms with Crippen LogP contribution in [0.25, 0.3) is 6.08 Å². The Morgan fingerprint density at radius 2 is 2.00 bits per heavy atom. The first kappa shape index (κ1) is 16.1. The van der Waals surface area contributed by atoms with Crippen molar-refractivity contribution >= 4 is 17.9 Å². The maximum Gasteiger partial charge on any atom is 0.253 e. The smallest absolute Gasteiger partial charge is 0.253 e. The van der Waals surface area contributed by atoms with E-state index in [2.05, 4.69) is 5.32 Å². The first-order chi connectivity index (χ1) is 12.2. The topological polar surface area (TPSA) is 67.9 Å². The Morgan fingerprint density at radius 1 is 1.16 bits per heavy atom. The Labute approximate surface area is 146 Å². The molecule has 132 valence electrons. The van der Waals surface area contributed by atoms with Crippen molar-refractivity contribution in [3.8, 4) is 11.5 Å². The molecule has 1 saturated carbocycles. The van der Waals surface area contributed by atoms with Crippen LogP contribution in [0.15, 0.2) is 24.3 Å². The fourth-order valence-electron chi connectivity index (χ4n) is 3.33. The summed E-state index contributed by atoms with van der Waals surface area (Å²) in [5.41, 5.74) is 0.847. The summed E-state index contributed by atoms with van der Waals surface area (Å²) in [4.78, 5) is 26.9. The average Bonchev–Trinajstić information content (AvgIpc) is 3.36. The molecule has 1 unspecified atom stereocenters. The molecule has 1 saturated heterocycles. The number of carbonyl (C=O) groups excluding carboxylic acids is 2. The van der Waals surface area contributed by atoms with Gasteiger partial charge in [-0.25, -0.2) is 0 Å². The molecular weight excluding hydrogens is 320 g/mol. The minimum atomic E-state index is -0.226. The third-order valence-corrected chi connectivity index (χ3v) is 4.85. The Kier molecular flexibility index (Phi) is 4.44. The van der Waals surface area contributed by atoms with Crippen LogP contribution in [0.3, 0.4) is 0 Å². The van der Waals surface area contributed by atoms with Crippen LogP contribution in [-0.2, 0) is 9.59 Å². The lowest BCUT2D eigenvalue weighted by Crippen LogP contribution is -2.46. The largest absolute Gasteiger partial charge is 0.454 e. The molecule has 0 bridgehead atoms. The van der Waals surface area contributed by atoms with Crippen LogP contribution in [0.5, 0.6) is 11.5 Å². The number of benzene rings is 1. The SMILES string of the molecule is O=C(/C=C/c1ccc2c(c1)OCO2)N(C(=O)C1CCCNC1)C1CC1. The highest BCUT2D eigenvalue weighted by Gasteiger charge is 2.39. The van der Waals surface area contributed by atoms with Gasteiger partial charge in [0.25, 0.3) is 5.91 Å². The second kappa shape index (κ2) is 6.88. The lowest BCUT2D eigenvalue weighted by molar-refractivity contribution is -0.145. The lowest BCUT2D eigenvalue weighted by Gasteiger charge is -2.27. The molecule has 2 amide bonds. The van der Waals surface area contributed by atoms with Crippen LogP contribution < -0.4 is 14.8 Å². The maximum atomic E-state index is 12.8. The quantitative estimate of drug-likeness (QED) is 0.847. The van der Waals surface area contributed by atoms with Gasteiger partial charge in [-0.05, 0) is 56.0 Å². The summed E-state index contributed by atoms with van der Waals surface area (Å²) in [5.74, 6) is 1.05. The van der Waals surface area contributed by atoms with Crippen molar-refractivity contribution in [2.24, 2.45) is 5.92 Å². The van der Waals surface area contributed by atoms with Gasteiger partial charge in [-0.15, -0.1) is 0 Å². The van der Waals surface area contributed by atoms with E-state index in [1.807, 2.05) is 18.2 Å². The van der Waals surface area contributed by atoms with Crippen LogP contribution in [-0.4, -0.2) is 42.6 Å². The zero-order valence-electron chi connectivity index (χ0n) is 14.1. The molecule has 1 aromatic rings. The van der Waals surface area contributed by atoms with E-state index < -0.39 is 0 Å². The number of fused-ring (bicyclic) bond motifs is 1. The van der Waals surface area contributed by atoms with E-state index in [0.717, 1.165) is 37.8 Å². The zero-order valence-corrected chi connectivity index (χ0v) is 14.1. The number of nitrogens with one attached hydrogen (secondary N) is 1. The van der Waals surface area contributed by atoms with E-state index in [1.54, 1.807) is 6.08 Å². The van der Waals surface area contributed by atoms with Gasteiger partial charge in [-0.2, -0.15) is 0 Å². The number of hydrogen-bond acceptors (Lipinski definition) is 5. The van der Waals surface area contributed by atoms with Crippen molar-refractivity contribution in [1.82, 2.24) is 10.2 Å². The minimum Gasteiger partial charge on any atom is -0.454 e. The van der Waals surface area contributed by atoms with Crippen LogP contribution >= 0.6 is 0 Å². The van der Waals surface area contributed by atoms with E-state index in [4.69, 9.17) is 9.47 Å². The number of rotatable bonds is 4. The molecular formula is C19H22N2O4. The molecule has 0 radical (unpaired) electrons. The fraction of sp³-hybridized carbons (Fsp3) is 0.474. The molecule has 3 aliphatic rings. The Hall–Kier alpha value is -2.34. The van der Waals surface area contributed by atoms with Gasteiger partial charge in [0.05, 0.1) is 5.92 Å². The van der Waals surface area contributed by atoms with E-state index in [-0.39, 0.29) is 30.6 Å². The van der Waals surface area contributed by atoms with Crippen LogP contribution in [0.4, 0.5) is 0 Å². The van der Waals surface area contributed by atoms with Crippen LogP contribution in [0, 0.1) is 5.92 Å². The molecule has 1 atom stereocenters. The van der Waals surface area contributed by atoms with Gasteiger partial charge in [0, 0.05) is 18.7 Å². The van der Waals surface area contributed by atoms with Crippen molar-refractivity contribution in [3.63, 3.8) is 0 Å². The highest BCUT2D eigenvalue weighted by molar-refractivity contribution is 6.04. The number of piperidine rings is 1. The summed E-state index contributed by atoms with van der Waals surface area (Å²) < 4.78 is 10.6. The summed E-state index contributed by atoms with van der Waals surface area (Å²) in [6, 6.07) is 5.60. The highest BCUT2D eigenvalue weighted by atomic mass is 16.7. The fourth-order valence-corrected chi connectivity index (χ4v) is 3.33. The van der Waals surface area contributed by atoms with E-state index in [0.29, 0.717) is 18.0 Å².